The highest BCUT2D eigenvalue weighted by Crippen LogP contribution is 2.16. The van der Waals surface area contributed by atoms with Crippen LogP contribution in [0.5, 0.6) is 0 Å². The molecule has 0 saturated heterocycles. The molecule has 1 unspecified atom stereocenters. The largest absolute Gasteiger partial charge is 0.481 e. The van der Waals surface area contributed by atoms with Crippen molar-refractivity contribution in [3.63, 3.8) is 0 Å². The van der Waals surface area contributed by atoms with E-state index in [2.05, 4.69) is 0 Å². The predicted octanol–water partition coefficient (Wildman–Crippen LogP) is 0.458. The molecule has 0 bridgehead atoms. The number of nitro groups is 1. The van der Waals surface area contributed by atoms with Gasteiger partial charge in [0.25, 0.3) is 5.54 Å². The van der Waals surface area contributed by atoms with Crippen molar-refractivity contribution in [1.82, 2.24) is 0 Å². The summed E-state index contributed by atoms with van der Waals surface area (Å²) in [6.45, 7) is 2.72. The molecule has 0 heterocycles. The fourth-order valence-electron chi connectivity index (χ4n) is 0.958. The number of hydrogen-bond donors (Lipinski definition) is 4. The van der Waals surface area contributed by atoms with Crippen LogP contribution < -0.4 is 0 Å². The molecule has 0 aromatic carbocycles. The second kappa shape index (κ2) is 10.1. The maximum Gasteiger partial charge on any atom is 0.303 e. The molecule has 0 amide bonds. The van der Waals surface area contributed by atoms with E-state index in [-0.39, 0.29) is 19.3 Å². The van der Waals surface area contributed by atoms with E-state index in [4.69, 9.17) is 20.4 Å². The Bertz CT molecular complexity index is 314. The first kappa shape index (κ1) is 20.6. The molecule has 20 heavy (non-hydrogen) atoms. The first-order valence-corrected chi connectivity index (χ1v) is 6.02. The molecule has 9 heteroatoms. The van der Waals surface area contributed by atoms with E-state index in [0.717, 1.165) is 0 Å². The lowest BCUT2D eigenvalue weighted by Gasteiger charge is -2.20. The summed E-state index contributed by atoms with van der Waals surface area (Å²) in [5.41, 5.74) is -1.62. The highest BCUT2D eigenvalue weighted by molar-refractivity contribution is 5.67. The summed E-state index contributed by atoms with van der Waals surface area (Å²) < 4.78 is 0. The van der Waals surface area contributed by atoms with Gasteiger partial charge in [-0.3, -0.25) is 19.7 Å². The Morgan fingerprint density at radius 3 is 1.60 bits per heavy atom. The number of aliphatic hydroxyl groups excluding tert-OH is 1. The van der Waals surface area contributed by atoms with E-state index >= 15 is 0 Å². The Morgan fingerprint density at radius 2 is 1.50 bits per heavy atom. The molecule has 0 aliphatic heterocycles. The Kier molecular flexibility index (Phi) is 10.4. The van der Waals surface area contributed by atoms with Crippen LogP contribution >= 0.6 is 0 Å². The van der Waals surface area contributed by atoms with Crippen LogP contribution in [0.25, 0.3) is 0 Å². The van der Waals surface area contributed by atoms with Crippen molar-refractivity contribution in [2.75, 3.05) is 0 Å². The van der Waals surface area contributed by atoms with Crippen molar-refractivity contribution >= 4 is 11.9 Å². The second-order valence-corrected chi connectivity index (χ2v) is 4.34. The minimum Gasteiger partial charge on any atom is -0.481 e. The summed E-state index contributed by atoms with van der Waals surface area (Å²) >= 11 is 0. The Hall–Kier alpha value is -1.74. The minimum absolute atomic E-state index is 0.0628. The van der Waals surface area contributed by atoms with Crippen LogP contribution in [0.1, 0.15) is 46.0 Å². The number of hydrogen-bond acceptors (Lipinski definition) is 6. The average molecular weight is 295 g/mol. The fraction of sp³-hybridized carbons (Fsp3) is 0.818. The molecule has 4 N–H and O–H groups in total. The summed E-state index contributed by atoms with van der Waals surface area (Å²) in [4.78, 5) is 29.3. The summed E-state index contributed by atoms with van der Waals surface area (Å²) in [5, 5.41) is 43.6. The number of nitrogens with zero attached hydrogens (tertiary/aromatic N) is 1. The van der Waals surface area contributed by atoms with Gasteiger partial charge in [-0.25, -0.2) is 0 Å². The molecule has 0 rings (SSSR count). The molecule has 118 valence electrons. The van der Waals surface area contributed by atoms with Gasteiger partial charge in [0.2, 0.25) is 6.29 Å². The third-order valence-corrected chi connectivity index (χ3v) is 2.72. The number of carboxylic acid groups (broad SMARTS) is 2. The van der Waals surface area contributed by atoms with Gasteiger partial charge in [-0.15, -0.1) is 0 Å². The smallest absolute Gasteiger partial charge is 0.303 e. The molecule has 0 aliphatic rings. The van der Waals surface area contributed by atoms with Gasteiger partial charge in [0, 0.05) is 31.1 Å². The second-order valence-electron chi connectivity index (χ2n) is 4.34. The molecule has 0 aliphatic carbocycles. The van der Waals surface area contributed by atoms with Crippen LogP contribution in [0.4, 0.5) is 0 Å². The van der Waals surface area contributed by atoms with Gasteiger partial charge < -0.3 is 20.4 Å². The molecule has 9 nitrogen and oxygen atoms in total. The molecule has 0 radical (unpaired) electrons. The zero-order valence-electron chi connectivity index (χ0n) is 11.5. The van der Waals surface area contributed by atoms with Gasteiger partial charge >= 0.3 is 11.9 Å². The van der Waals surface area contributed by atoms with Crippen molar-refractivity contribution < 1.29 is 34.9 Å². The molecular formula is C11H21NO8. The van der Waals surface area contributed by atoms with Crippen LogP contribution in [0.15, 0.2) is 0 Å². The van der Waals surface area contributed by atoms with Crippen LogP contribution in [-0.4, -0.2) is 49.1 Å². The lowest BCUT2D eigenvalue weighted by Crippen LogP contribution is -2.45. The maximum absolute atomic E-state index is 10.2. The quantitative estimate of drug-likeness (QED) is 0.217. The standard InChI is InChI=1S/C6H10O4.C5H11NO4/c7-5(8)3-1-2-4-6(9)10;1-3-5(2,4(7)8)6(9)10/h1-4H2,(H,7,8)(H,9,10);4,7-8H,3H2,1-2H3. The average Bonchev–Trinajstić information content (AvgIpc) is 2.33. The van der Waals surface area contributed by atoms with E-state index in [9.17, 15) is 19.7 Å². The van der Waals surface area contributed by atoms with Gasteiger partial charge in [-0.05, 0) is 12.8 Å². The monoisotopic (exact) mass is 295 g/mol. The van der Waals surface area contributed by atoms with Gasteiger partial charge in [0.05, 0.1) is 0 Å². The first-order valence-electron chi connectivity index (χ1n) is 6.02. The molecule has 0 saturated carbocycles. The number of rotatable bonds is 8. The van der Waals surface area contributed by atoms with Gasteiger partial charge in [-0.2, -0.15) is 0 Å². The lowest BCUT2D eigenvalue weighted by atomic mass is 10.00. The third kappa shape index (κ3) is 9.22. The van der Waals surface area contributed by atoms with E-state index < -0.39 is 28.7 Å². The van der Waals surface area contributed by atoms with Crippen molar-refractivity contribution in [2.24, 2.45) is 0 Å². The molecular weight excluding hydrogens is 274 g/mol. The Labute approximate surface area is 116 Å². The van der Waals surface area contributed by atoms with Crippen LogP contribution in [0.3, 0.4) is 0 Å². The van der Waals surface area contributed by atoms with Gasteiger partial charge in [0.1, 0.15) is 0 Å². The van der Waals surface area contributed by atoms with Crippen molar-refractivity contribution in [1.29, 1.82) is 0 Å². The number of carbonyl (C=O) groups is 2. The Morgan fingerprint density at radius 1 is 1.15 bits per heavy atom. The normalized spacial score (nSPS) is 13.1. The zero-order valence-corrected chi connectivity index (χ0v) is 11.5. The fourth-order valence-corrected chi connectivity index (χ4v) is 0.958. The van der Waals surface area contributed by atoms with E-state index in [1.807, 2.05) is 0 Å². The third-order valence-electron chi connectivity index (χ3n) is 2.72. The summed E-state index contributed by atoms with van der Waals surface area (Å²) in [6.07, 6.45) is -0.783. The van der Waals surface area contributed by atoms with Gasteiger partial charge in [0.15, 0.2) is 0 Å². The van der Waals surface area contributed by atoms with Crippen molar-refractivity contribution in [3.05, 3.63) is 10.1 Å². The minimum atomic E-state index is -1.90. The van der Waals surface area contributed by atoms with E-state index in [0.29, 0.717) is 12.8 Å². The summed E-state index contributed by atoms with van der Waals surface area (Å²) in [5.74, 6) is -1.74. The summed E-state index contributed by atoms with van der Waals surface area (Å²) in [7, 11) is 0. The van der Waals surface area contributed by atoms with Crippen molar-refractivity contribution in [2.45, 2.75) is 57.8 Å². The molecule has 0 spiro atoms. The zero-order chi connectivity index (χ0) is 16.3. The molecule has 0 fully saturated rings. The van der Waals surface area contributed by atoms with Crippen molar-refractivity contribution in [3.8, 4) is 0 Å². The number of aliphatic hydroxyl groups is 2. The highest BCUT2D eigenvalue weighted by Gasteiger charge is 2.42. The predicted molar refractivity (Wildman–Crippen MR) is 67.7 cm³/mol. The van der Waals surface area contributed by atoms with Gasteiger partial charge in [-0.1, -0.05) is 6.92 Å². The number of aliphatic carboxylic acids is 2. The number of carboxylic acids is 2. The molecule has 0 aromatic heterocycles. The topological polar surface area (TPSA) is 158 Å². The SMILES string of the molecule is CCC(C)(C(O)O)[N+](=O)[O-].O=C(O)CCCCC(=O)O. The molecule has 0 aromatic rings. The number of unbranched alkanes of at least 4 members (excludes halogenated alkanes) is 1. The van der Waals surface area contributed by atoms with Crippen LogP contribution in [0, 0.1) is 10.1 Å². The lowest BCUT2D eigenvalue weighted by molar-refractivity contribution is -0.591. The maximum atomic E-state index is 10.2. The molecule has 1 atom stereocenters. The van der Waals surface area contributed by atoms with Crippen LogP contribution in [-0.2, 0) is 9.59 Å². The first-order chi connectivity index (χ1) is 9.07. The highest BCUT2D eigenvalue weighted by atomic mass is 16.6. The Balaban J connectivity index is 0. The van der Waals surface area contributed by atoms with E-state index in [1.54, 1.807) is 0 Å². The summed E-state index contributed by atoms with van der Waals surface area (Å²) in [6, 6.07) is 0. The van der Waals surface area contributed by atoms with Crippen LogP contribution in [0.2, 0.25) is 0 Å². The van der Waals surface area contributed by atoms with E-state index in [1.165, 1.54) is 13.8 Å².